The van der Waals surface area contributed by atoms with Crippen molar-refractivity contribution in [1.82, 2.24) is 5.32 Å². The van der Waals surface area contributed by atoms with Crippen LogP contribution in [0.1, 0.15) is 33.6 Å². The summed E-state index contributed by atoms with van der Waals surface area (Å²) in [5.41, 5.74) is 0.573. The number of aliphatic hydroxyl groups excluding tert-OH is 1. The van der Waals surface area contributed by atoms with Crippen LogP contribution in [0, 0.1) is 0 Å². The summed E-state index contributed by atoms with van der Waals surface area (Å²) in [7, 11) is 0. The zero-order valence-corrected chi connectivity index (χ0v) is 11.9. The van der Waals surface area contributed by atoms with Gasteiger partial charge in [-0.15, -0.1) is 0 Å². The lowest BCUT2D eigenvalue weighted by Crippen LogP contribution is -2.51. The molecule has 0 aromatic heterocycles. The Labute approximate surface area is 115 Å². The molecule has 0 aliphatic carbocycles. The molecular weight excluding hydrogens is 240 g/mol. The molecule has 0 fully saturated rings. The van der Waals surface area contributed by atoms with E-state index >= 15 is 0 Å². The molecule has 19 heavy (non-hydrogen) atoms. The van der Waals surface area contributed by atoms with E-state index in [9.17, 15) is 4.79 Å². The monoisotopic (exact) mass is 264 g/mol. The number of hydrogen-bond acceptors (Lipinski definition) is 3. The van der Waals surface area contributed by atoms with E-state index in [-0.39, 0.29) is 24.1 Å². The van der Waals surface area contributed by atoms with Crippen LogP contribution in [-0.2, 0) is 4.79 Å². The highest BCUT2D eigenvalue weighted by atomic mass is 16.3. The summed E-state index contributed by atoms with van der Waals surface area (Å²) in [5.74, 6) is -0.0659. The summed E-state index contributed by atoms with van der Waals surface area (Å²) in [6, 6.07) is 9.09. The maximum Gasteiger partial charge on any atom is 0.241 e. The van der Waals surface area contributed by atoms with Gasteiger partial charge in [-0.05, 0) is 38.8 Å². The van der Waals surface area contributed by atoms with E-state index in [1.807, 2.05) is 51.1 Å². The Morgan fingerprint density at radius 2 is 2.00 bits per heavy atom. The molecule has 0 saturated carbocycles. The third kappa shape index (κ3) is 5.01. The van der Waals surface area contributed by atoms with E-state index in [0.717, 1.165) is 12.1 Å². The van der Waals surface area contributed by atoms with Crippen LogP contribution < -0.4 is 10.6 Å². The third-order valence-electron chi connectivity index (χ3n) is 3.44. The van der Waals surface area contributed by atoms with E-state index in [1.54, 1.807) is 0 Å². The van der Waals surface area contributed by atoms with Gasteiger partial charge in [-0.25, -0.2) is 0 Å². The highest BCUT2D eigenvalue weighted by molar-refractivity contribution is 5.94. The fraction of sp³-hybridized carbons (Fsp3) is 0.533. The number of nitrogens with one attached hydrogen (secondary N) is 2. The maximum absolute atomic E-state index is 12.1. The second-order valence-corrected chi connectivity index (χ2v) is 5.11. The molecule has 4 nitrogen and oxygen atoms in total. The Morgan fingerprint density at radius 3 is 2.53 bits per heavy atom. The molecule has 106 valence electrons. The normalized spacial score (nSPS) is 15.6. The van der Waals surface area contributed by atoms with Crippen LogP contribution in [0.5, 0.6) is 0 Å². The molecule has 0 saturated heterocycles. The van der Waals surface area contributed by atoms with Crippen LogP contribution in [0.4, 0.5) is 5.69 Å². The minimum Gasteiger partial charge on any atom is -0.396 e. The standard InChI is InChI=1S/C15H24N2O2/c1-4-15(3,10-11-18)17-12(2)14(19)16-13-8-6-5-7-9-13/h5-9,12,17-18H,4,10-11H2,1-3H3,(H,16,19). The topological polar surface area (TPSA) is 61.4 Å². The Balaban J connectivity index is 2.57. The molecule has 1 aromatic rings. The predicted octanol–water partition coefficient (Wildman–Crippen LogP) is 2.15. The van der Waals surface area contributed by atoms with Crippen LogP contribution in [0.2, 0.25) is 0 Å². The number of carbonyl (C=O) groups excluding carboxylic acids is 1. The molecule has 0 aliphatic heterocycles. The number of aliphatic hydroxyl groups is 1. The first-order valence-corrected chi connectivity index (χ1v) is 6.75. The zero-order chi connectivity index (χ0) is 14.3. The smallest absolute Gasteiger partial charge is 0.241 e. The Hall–Kier alpha value is -1.39. The van der Waals surface area contributed by atoms with Crippen LogP contribution in [0.25, 0.3) is 0 Å². The number of hydrogen-bond donors (Lipinski definition) is 3. The van der Waals surface area contributed by atoms with Gasteiger partial charge < -0.3 is 15.7 Å². The lowest BCUT2D eigenvalue weighted by atomic mass is 9.94. The Kier molecular flexibility index (Phi) is 5.99. The van der Waals surface area contributed by atoms with Gasteiger partial charge in [0.15, 0.2) is 0 Å². The fourth-order valence-electron chi connectivity index (χ4n) is 1.96. The van der Waals surface area contributed by atoms with Gasteiger partial charge in [0.2, 0.25) is 5.91 Å². The predicted molar refractivity (Wildman–Crippen MR) is 78.1 cm³/mol. The third-order valence-corrected chi connectivity index (χ3v) is 3.44. The quantitative estimate of drug-likeness (QED) is 0.707. The van der Waals surface area contributed by atoms with Crippen LogP contribution in [-0.4, -0.2) is 29.2 Å². The second kappa shape index (κ2) is 7.26. The number of amides is 1. The maximum atomic E-state index is 12.1. The SMILES string of the molecule is CCC(C)(CCO)NC(C)C(=O)Nc1ccccc1. The number of rotatable bonds is 7. The van der Waals surface area contributed by atoms with Crippen molar-refractivity contribution >= 4 is 11.6 Å². The van der Waals surface area contributed by atoms with E-state index in [2.05, 4.69) is 10.6 Å². The Bertz CT molecular complexity index is 394. The van der Waals surface area contributed by atoms with Gasteiger partial charge in [0.05, 0.1) is 6.04 Å². The molecule has 1 amide bonds. The van der Waals surface area contributed by atoms with Crippen molar-refractivity contribution in [2.75, 3.05) is 11.9 Å². The van der Waals surface area contributed by atoms with Crippen molar-refractivity contribution in [2.24, 2.45) is 0 Å². The summed E-state index contributed by atoms with van der Waals surface area (Å²) in [5, 5.41) is 15.2. The van der Waals surface area contributed by atoms with E-state index < -0.39 is 0 Å². The summed E-state index contributed by atoms with van der Waals surface area (Å²) in [6.07, 6.45) is 1.49. The first kappa shape index (κ1) is 15.7. The minimum atomic E-state index is -0.309. The zero-order valence-electron chi connectivity index (χ0n) is 11.9. The van der Waals surface area contributed by atoms with Gasteiger partial charge in [0.1, 0.15) is 0 Å². The van der Waals surface area contributed by atoms with Crippen molar-refractivity contribution in [3.8, 4) is 0 Å². The van der Waals surface area contributed by atoms with Crippen LogP contribution >= 0.6 is 0 Å². The molecule has 0 aliphatic rings. The van der Waals surface area contributed by atoms with Gasteiger partial charge in [0, 0.05) is 17.8 Å². The van der Waals surface area contributed by atoms with Gasteiger partial charge in [-0.1, -0.05) is 25.1 Å². The van der Waals surface area contributed by atoms with E-state index in [4.69, 9.17) is 5.11 Å². The molecule has 0 radical (unpaired) electrons. The van der Waals surface area contributed by atoms with Crippen molar-refractivity contribution in [1.29, 1.82) is 0 Å². The van der Waals surface area contributed by atoms with Crippen molar-refractivity contribution in [3.63, 3.8) is 0 Å². The van der Waals surface area contributed by atoms with Crippen LogP contribution in [0.3, 0.4) is 0 Å². The molecule has 2 atom stereocenters. The first-order valence-electron chi connectivity index (χ1n) is 6.75. The van der Waals surface area contributed by atoms with E-state index in [0.29, 0.717) is 6.42 Å². The van der Waals surface area contributed by atoms with Crippen molar-refractivity contribution in [2.45, 2.75) is 45.2 Å². The highest BCUT2D eigenvalue weighted by Crippen LogP contribution is 2.15. The minimum absolute atomic E-state index is 0.0659. The molecule has 4 heteroatoms. The lowest BCUT2D eigenvalue weighted by molar-refractivity contribution is -0.118. The van der Waals surface area contributed by atoms with Gasteiger partial charge in [-0.2, -0.15) is 0 Å². The number of benzene rings is 1. The number of para-hydroxylation sites is 1. The van der Waals surface area contributed by atoms with Gasteiger partial charge in [-0.3, -0.25) is 4.79 Å². The van der Waals surface area contributed by atoms with E-state index in [1.165, 1.54) is 0 Å². The molecule has 1 aromatic carbocycles. The fourth-order valence-corrected chi connectivity index (χ4v) is 1.96. The molecule has 0 bridgehead atoms. The summed E-state index contributed by atoms with van der Waals surface area (Å²) >= 11 is 0. The average Bonchev–Trinajstić information content (AvgIpc) is 2.40. The van der Waals surface area contributed by atoms with Crippen LogP contribution in [0.15, 0.2) is 30.3 Å². The van der Waals surface area contributed by atoms with Gasteiger partial charge in [0.25, 0.3) is 0 Å². The molecule has 3 N–H and O–H groups in total. The van der Waals surface area contributed by atoms with Crippen molar-refractivity contribution in [3.05, 3.63) is 30.3 Å². The second-order valence-electron chi connectivity index (χ2n) is 5.11. The van der Waals surface area contributed by atoms with Gasteiger partial charge >= 0.3 is 0 Å². The lowest BCUT2D eigenvalue weighted by Gasteiger charge is -2.32. The summed E-state index contributed by atoms with van der Waals surface area (Å²) in [4.78, 5) is 12.1. The Morgan fingerprint density at radius 1 is 1.37 bits per heavy atom. The largest absolute Gasteiger partial charge is 0.396 e. The van der Waals surface area contributed by atoms with Crippen molar-refractivity contribution < 1.29 is 9.90 Å². The summed E-state index contributed by atoms with van der Waals surface area (Å²) < 4.78 is 0. The highest BCUT2D eigenvalue weighted by Gasteiger charge is 2.26. The molecule has 0 spiro atoms. The summed E-state index contributed by atoms with van der Waals surface area (Å²) in [6.45, 7) is 6.02. The average molecular weight is 264 g/mol. The molecular formula is C15H24N2O2. The molecule has 2 unspecified atom stereocenters. The number of anilines is 1. The first-order chi connectivity index (χ1) is 9.00. The molecule has 1 rings (SSSR count). The molecule has 0 heterocycles. The number of carbonyl (C=O) groups is 1.